The van der Waals surface area contributed by atoms with Crippen LogP contribution in [0.5, 0.6) is 5.75 Å². The molecular formula is C15H14ClN5O3S. The number of halogens is 1. The number of nitrogens with one attached hydrogen (secondary N) is 2. The lowest BCUT2D eigenvalue weighted by atomic mass is 10.3. The van der Waals surface area contributed by atoms with Gasteiger partial charge in [0.05, 0.1) is 24.2 Å². The fraction of sp³-hybridized carbons (Fsp3) is 0.200. The van der Waals surface area contributed by atoms with E-state index in [0.29, 0.717) is 27.3 Å². The van der Waals surface area contributed by atoms with Gasteiger partial charge < -0.3 is 19.6 Å². The first-order valence-electron chi connectivity index (χ1n) is 7.16. The standard InChI is InChI=1S/C15H14ClN5O3S/c1-21-13-12(14(23)18-7-17-13)20-15(21)25-6-11(22)19-8-3-4-10(24-2)9(16)5-8/h3-5,7H,6H2,1-2H3,(H,19,22)(H,17,18,23). The molecule has 1 aromatic carbocycles. The number of methoxy groups -OCH3 is 1. The quantitative estimate of drug-likeness (QED) is 0.658. The fourth-order valence-electron chi connectivity index (χ4n) is 2.19. The molecule has 0 aliphatic heterocycles. The van der Waals surface area contributed by atoms with Crippen molar-refractivity contribution >= 4 is 46.1 Å². The number of carbonyl (C=O) groups excluding carboxylic acids is 1. The molecule has 130 valence electrons. The van der Waals surface area contributed by atoms with E-state index in [1.165, 1.54) is 25.2 Å². The molecule has 0 atom stereocenters. The van der Waals surface area contributed by atoms with Gasteiger partial charge in [-0.1, -0.05) is 23.4 Å². The minimum atomic E-state index is -0.315. The molecule has 2 N–H and O–H groups in total. The first-order chi connectivity index (χ1) is 12.0. The predicted octanol–water partition coefficient (Wildman–Crippen LogP) is 2.05. The van der Waals surface area contributed by atoms with Gasteiger partial charge in [-0.2, -0.15) is 0 Å². The number of nitrogens with zero attached hydrogens (tertiary/aromatic N) is 3. The van der Waals surface area contributed by atoms with Crippen LogP contribution in [0.25, 0.3) is 11.2 Å². The number of aromatic amines is 1. The van der Waals surface area contributed by atoms with Gasteiger partial charge in [0.1, 0.15) is 5.75 Å². The topological polar surface area (TPSA) is 102 Å². The lowest BCUT2D eigenvalue weighted by Crippen LogP contribution is -2.14. The second-order valence-electron chi connectivity index (χ2n) is 5.04. The summed E-state index contributed by atoms with van der Waals surface area (Å²) >= 11 is 7.24. The van der Waals surface area contributed by atoms with Crippen molar-refractivity contribution in [3.05, 3.63) is 39.9 Å². The van der Waals surface area contributed by atoms with Crippen LogP contribution >= 0.6 is 23.4 Å². The van der Waals surface area contributed by atoms with Crippen LogP contribution < -0.4 is 15.6 Å². The number of benzene rings is 1. The maximum atomic E-state index is 12.1. The molecule has 0 unspecified atom stereocenters. The highest BCUT2D eigenvalue weighted by Crippen LogP contribution is 2.27. The molecule has 8 nitrogen and oxygen atoms in total. The Morgan fingerprint density at radius 1 is 1.48 bits per heavy atom. The van der Waals surface area contributed by atoms with E-state index in [2.05, 4.69) is 20.3 Å². The molecule has 3 rings (SSSR count). The van der Waals surface area contributed by atoms with E-state index in [0.717, 1.165) is 0 Å². The van der Waals surface area contributed by atoms with E-state index >= 15 is 0 Å². The van der Waals surface area contributed by atoms with Gasteiger partial charge in [0, 0.05) is 12.7 Å². The Bertz CT molecular complexity index is 1000. The second-order valence-corrected chi connectivity index (χ2v) is 6.39. The number of H-pyrrole nitrogens is 1. The summed E-state index contributed by atoms with van der Waals surface area (Å²) in [5, 5.41) is 3.69. The summed E-state index contributed by atoms with van der Waals surface area (Å²) in [7, 11) is 3.26. The smallest absolute Gasteiger partial charge is 0.278 e. The third-order valence-electron chi connectivity index (χ3n) is 3.39. The van der Waals surface area contributed by atoms with Gasteiger partial charge in [-0.05, 0) is 18.2 Å². The van der Waals surface area contributed by atoms with Crippen LogP contribution in [0, 0.1) is 0 Å². The van der Waals surface area contributed by atoms with Gasteiger partial charge in [-0.15, -0.1) is 0 Å². The van der Waals surface area contributed by atoms with Crippen LogP contribution in [0.3, 0.4) is 0 Å². The average molecular weight is 380 g/mol. The molecule has 0 bridgehead atoms. The molecular weight excluding hydrogens is 366 g/mol. The molecule has 10 heteroatoms. The van der Waals surface area contributed by atoms with Crippen LogP contribution in [0.1, 0.15) is 0 Å². The molecule has 0 radical (unpaired) electrons. The number of thioether (sulfide) groups is 1. The van der Waals surface area contributed by atoms with Crippen molar-refractivity contribution in [2.45, 2.75) is 5.16 Å². The molecule has 0 fully saturated rings. The number of aryl methyl sites for hydroxylation is 1. The Morgan fingerprint density at radius 2 is 2.28 bits per heavy atom. The third kappa shape index (κ3) is 3.62. The van der Waals surface area contributed by atoms with Gasteiger partial charge in [0.15, 0.2) is 16.3 Å². The largest absolute Gasteiger partial charge is 0.495 e. The van der Waals surface area contributed by atoms with E-state index in [-0.39, 0.29) is 22.7 Å². The van der Waals surface area contributed by atoms with Crippen molar-refractivity contribution in [3.63, 3.8) is 0 Å². The van der Waals surface area contributed by atoms with Crippen LogP contribution in [0.2, 0.25) is 5.02 Å². The van der Waals surface area contributed by atoms with Crippen molar-refractivity contribution in [1.82, 2.24) is 19.5 Å². The maximum Gasteiger partial charge on any atom is 0.278 e. The molecule has 25 heavy (non-hydrogen) atoms. The average Bonchev–Trinajstić information content (AvgIpc) is 2.91. The van der Waals surface area contributed by atoms with Gasteiger partial charge in [-0.25, -0.2) is 9.97 Å². The minimum absolute atomic E-state index is 0.124. The molecule has 2 aromatic heterocycles. The van der Waals surface area contributed by atoms with Crippen LogP contribution in [0.15, 0.2) is 34.5 Å². The predicted molar refractivity (Wildman–Crippen MR) is 96.5 cm³/mol. The van der Waals surface area contributed by atoms with Gasteiger partial charge in [-0.3, -0.25) is 9.59 Å². The van der Waals surface area contributed by atoms with E-state index in [1.807, 2.05) is 0 Å². The number of fused-ring (bicyclic) bond motifs is 1. The van der Waals surface area contributed by atoms with Crippen LogP contribution in [0.4, 0.5) is 5.69 Å². The van der Waals surface area contributed by atoms with E-state index < -0.39 is 0 Å². The molecule has 0 aliphatic carbocycles. The van der Waals surface area contributed by atoms with Crippen LogP contribution in [-0.2, 0) is 11.8 Å². The third-order valence-corrected chi connectivity index (χ3v) is 4.71. The van der Waals surface area contributed by atoms with Crippen molar-refractivity contribution in [1.29, 1.82) is 0 Å². The summed E-state index contributed by atoms with van der Waals surface area (Å²) < 4.78 is 6.74. The van der Waals surface area contributed by atoms with Crippen molar-refractivity contribution in [2.24, 2.45) is 7.05 Å². The number of rotatable bonds is 5. The Morgan fingerprint density at radius 3 is 2.96 bits per heavy atom. The zero-order chi connectivity index (χ0) is 18.0. The number of amides is 1. The summed E-state index contributed by atoms with van der Waals surface area (Å²) in [4.78, 5) is 34.6. The fourth-order valence-corrected chi connectivity index (χ4v) is 3.22. The number of carbonyl (C=O) groups is 1. The molecule has 0 saturated heterocycles. The van der Waals surface area contributed by atoms with Crippen molar-refractivity contribution in [3.8, 4) is 5.75 Å². The summed E-state index contributed by atoms with van der Waals surface area (Å²) in [5.41, 5.74) is 0.965. The molecule has 2 heterocycles. The van der Waals surface area contributed by atoms with Gasteiger partial charge >= 0.3 is 0 Å². The SMILES string of the molecule is COc1ccc(NC(=O)CSc2nc3c(=O)[nH]cnc3n2C)cc1Cl. The first-order valence-corrected chi connectivity index (χ1v) is 8.52. The lowest BCUT2D eigenvalue weighted by molar-refractivity contribution is -0.113. The first kappa shape index (κ1) is 17.3. The monoisotopic (exact) mass is 379 g/mol. The van der Waals surface area contributed by atoms with Crippen LogP contribution in [-0.4, -0.2) is 38.3 Å². The Hall–Kier alpha value is -2.52. The highest BCUT2D eigenvalue weighted by atomic mass is 35.5. The zero-order valence-corrected chi connectivity index (χ0v) is 14.9. The number of hydrogen-bond acceptors (Lipinski definition) is 6. The Balaban J connectivity index is 1.68. The molecule has 1 amide bonds. The number of imidazole rings is 1. The minimum Gasteiger partial charge on any atom is -0.495 e. The second kappa shape index (κ2) is 7.16. The summed E-state index contributed by atoms with van der Waals surface area (Å²) in [5.74, 6) is 0.435. The molecule has 0 saturated carbocycles. The zero-order valence-electron chi connectivity index (χ0n) is 13.4. The van der Waals surface area contributed by atoms with Gasteiger partial charge in [0.2, 0.25) is 5.91 Å². The van der Waals surface area contributed by atoms with E-state index in [9.17, 15) is 9.59 Å². The highest BCUT2D eigenvalue weighted by molar-refractivity contribution is 7.99. The highest BCUT2D eigenvalue weighted by Gasteiger charge is 2.14. The summed E-state index contributed by atoms with van der Waals surface area (Å²) in [6.07, 6.45) is 1.32. The Labute approximate surface area is 151 Å². The van der Waals surface area contributed by atoms with Crippen molar-refractivity contribution < 1.29 is 9.53 Å². The number of anilines is 1. The maximum absolute atomic E-state index is 12.1. The summed E-state index contributed by atoms with van der Waals surface area (Å²) in [6.45, 7) is 0. The number of hydrogen-bond donors (Lipinski definition) is 2. The van der Waals surface area contributed by atoms with Crippen molar-refractivity contribution in [2.75, 3.05) is 18.2 Å². The molecule has 0 spiro atoms. The van der Waals surface area contributed by atoms with E-state index in [1.54, 1.807) is 29.8 Å². The molecule has 0 aliphatic rings. The van der Waals surface area contributed by atoms with Gasteiger partial charge in [0.25, 0.3) is 5.56 Å². The molecule has 3 aromatic rings. The number of aromatic nitrogens is 4. The lowest BCUT2D eigenvalue weighted by Gasteiger charge is -2.08. The van der Waals surface area contributed by atoms with E-state index in [4.69, 9.17) is 16.3 Å². The number of ether oxygens (including phenoxy) is 1. The Kier molecular flexibility index (Phi) is 4.95. The summed E-state index contributed by atoms with van der Waals surface area (Å²) in [6, 6.07) is 4.99. The normalized spacial score (nSPS) is 10.8.